The summed E-state index contributed by atoms with van der Waals surface area (Å²) in [7, 11) is 0. The molecular formula is C15H15N5O2. The highest BCUT2D eigenvalue weighted by atomic mass is 16.6. The Morgan fingerprint density at radius 3 is 3.00 bits per heavy atom. The Labute approximate surface area is 127 Å². The van der Waals surface area contributed by atoms with Crippen molar-refractivity contribution in [2.75, 3.05) is 18.0 Å². The molecule has 3 rings (SSSR count). The number of hydrogen-bond donors (Lipinski definition) is 0. The van der Waals surface area contributed by atoms with Crippen molar-refractivity contribution in [2.24, 2.45) is 0 Å². The van der Waals surface area contributed by atoms with Crippen LogP contribution >= 0.6 is 0 Å². The molecule has 1 unspecified atom stereocenters. The van der Waals surface area contributed by atoms with Crippen molar-refractivity contribution in [2.45, 2.75) is 18.9 Å². The normalized spacial score (nSPS) is 18.0. The second-order valence-electron chi connectivity index (χ2n) is 5.30. The molecule has 0 N–H and O–H groups in total. The van der Waals surface area contributed by atoms with Crippen LogP contribution < -0.4 is 4.90 Å². The van der Waals surface area contributed by atoms with E-state index in [0.717, 1.165) is 19.4 Å². The summed E-state index contributed by atoms with van der Waals surface area (Å²) in [6.07, 6.45) is 5.61. The van der Waals surface area contributed by atoms with E-state index in [9.17, 15) is 10.1 Å². The van der Waals surface area contributed by atoms with Gasteiger partial charge in [0.05, 0.1) is 22.6 Å². The molecule has 0 saturated carbocycles. The fraction of sp³-hybridized carbons (Fsp3) is 0.333. The van der Waals surface area contributed by atoms with E-state index in [4.69, 9.17) is 5.26 Å². The maximum Gasteiger partial charge on any atom is 0.293 e. The number of nitrogens with zero attached hydrogens (tertiary/aromatic N) is 5. The van der Waals surface area contributed by atoms with E-state index in [-0.39, 0.29) is 11.7 Å². The predicted octanol–water partition coefficient (Wildman–Crippen LogP) is 2.50. The van der Waals surface area contributed by atoms with Gasteiger partial charge in [-0.2, -0.15) is 10.4 Å². The van der Waals surface area contributed by atoms with Crippen LogP contribution in [0.2, 0.25) is 0 Å². The maximum atomic E-state index is 11.3. The Kier molecular flexibility index (Phi) is 3.74. The Morgan fingerprint density at radius 1 is 1.45 bits per heavy atom. The van der Waals surface area contributed by atoms with Crippen molar-refractivity contribution in [1.82, 2.24) is 9.78 Å². The van der Waals surface area contributed by atoms with E-state index in [1.807, 2.05) is 27.9 Å². The van der Waals surface area contributed by atoms with Crippen LogP contribution in [0.5, 0.6) is 0 Å². The molecule has 1 aliphatic heterocycles. The highest BCUT2D eigenvalue weighted by Crippen LogP contribution is 2.33. The number of rotatable bonds is 3. The molecule has 7 nitrogen and oxygen atoms in total. The first-order valence-electron chi connectivity index (χ1n) is 7.11. The molecule has 0 spiro atoms. The van der Waals surface area contributed by atoms with Crippen LogP contribution in [0.1, 0.15) is 24.4 Å². The van der Waals surface area contributed by atoms with Gasteiger partial charge in [0.2, 0.25) is 0 Å². The summed E-state index contributed by atoms with van der Waals surface area (Å²) >= 11 is 0. The summed E-state index contributed by atoms with van der Waals surface area (Å²) in [5, 5.41) is 24.5. The number of aromatic nitrogens is 2. The van der Waals surface area contributed by atoms with Gasteiger partial charge in [0, 0.05) is 31.5 Å². The first kappa shape index (κ1) is 14.1. The van der Waals surface area contributed by atoms with E-state index >= 15 is 0 Å². The lowest BCUT2D eigenvalue weighted by Gasteiger charge is -2.34. The van der Waals surface area contributed by atoms with E-state index < -0.39 is 4.92 Å². The molecule has 1 aromatic carbocycles. The number of nitro benzene ring substituents is 1. The molecule has 0 bridgehead atoms. The zero-order valence-corrected chi connectivity index (χ0v) is 11.9. The molecule has 112 valence electrons. The van der Waals surface area contributed by atoms with Gasteiger partial charge < -0.3 is 4.90 Å². The molecule has 7 heteroatoms. The third kappa shape index (κ3) is 2.63. The van der Waals surface area contributed by atoms with Crippen molar-refractivity contribution in [3.05, 3.63) is 52.3 Å². The quantitative estimate of drug-likeness (QED) is 0.641. The van der Waals surface area contributed by atoms with Gasteiger partial charge in [-0.25, -0.2) is 0 Å². The van der Waals surface area contributed by atoms with Gasteiger partial charge >= 0.3 is 0 Å². The minimum Gasteiger partial charge on any atom is -0.364 e. The summed E-state index contributed by atoms with van der Waals surface area (Å²) in [5.74, 6) is 0. The van der Waals surface area contributed by atoms with Crippen molar-refractivity contribution in [1.29, 1.82) is 5.26 Å². The third-order valence-electron chi connectivity index (χ3n) is 3.94. The lowest BCUT2D eigenvalue weighted by atomic mass is 10.0. The average molecular weight is 297 g/mol. The SMILES string of the molecule is N#Cc1ccc(N2CCCC(n3cccn3)C2)c([N+](=O)[O-])c1. The zero-order valence-electron chi connectivity index (χ0n) is 11.9. The highest BCUT2D eigenvalue weighted by Gasteiger charge is 2.26. The molecule has 1 fully saturated rings. The fourth-order valence-corrected chi connectivity index (χ4v) is 2.89. The van der Waals surface area contributed by atoms with Gasteiger partial charge in [-0.15, -0.1) is 0 Å². The Balaban J connectivity index is 1.90. The summed E-state index contributed by atoms with van der Waals surface area (Å²) < 4.78 is 1.90. The molecular weight excluding hydrogens is 282 g/mol. The van der Waals surface area contributed by atoms with Gasteiger partial charge in [-0.1, -0.05) is 0 Å². The van der Waals surface area contributed by atoms with Crippen molar-refractivity contribution >= 4 is 11.4 Å². The number of nitro groups is 1. The Bertz CT molecular complexity index is 720. The van der Waals surface area contributed by atoms with Gasteiger partial charge in [0.25, 0.3) is 5.69 Å². The molecule has 1 aliphatic rings. The van der Waals surface area contributed by atoms with Crippen molar-refractivity contribution in [3.8, 4) is 6.07 Å². The number of benzene rings is 1. The smallest absolute Gasteiger partial charge is 0.293 e. The molecule has 0 radical (unpaired) electrons. The second-order valence-corrected chi connectivity index (χ2v) is 5.30. The summed E-state index contributed by atoms with van der Waals surface area (Å²) in [4.78, 5) is 12.9. The minimum atomic E-state index is -0.423. The zero-order chi connectivity index (χ0) is 15.5. The van der Waals surface area contributed by atoms with Crippen LogP contribution in [0.3, 0.4) is 0 Å². The molecule has 0 aliphatic carbocycles. The molecule has 22 heavy (non-hydrogen) atoms. The molecule has 2 heterocycles. The summed E-state index contributed by atoms with van der Waals surface area (Å²) in [6.45, 7) is 1.44. The lowest BCUT2D eigenvalue weighted by Crippen LogP contribution is -2.37. The van der Waals surface area contributed by atoms with Gasteiger partial charge in [-0.3, -0.25) is 14.8 Å². The van der Waals surface area contributed by atoms with E-state index in [1.165, 1.54) is 6.07 Å². The van der Waals surface area contributed by atoms with E-state index in [0.29, 0.717) is 17.8 Å². The highest BCUT2D eigenvalue weighted by molar-refractivity contribution is 5.65. The van der Waals surface area contributed by atoms with E-state index in [2.05, 4.69) is 5.10 Å². The van der Waals surface area contributed by atoms with Crippen LogP contribution in [0, 0.1) is 21.4 Å². The van der Waals surface area contributed by atoms with E-state index in [1.54, 1.807) is 18.3 Å². The summed E-state index contributed by atoms with van der Waals surface area (Å²) in [6, 6.07) is 8.67. The number of hydrogen-bond acceptors (Lipinski definition) is 5. The monoisotopic (exact) mass is 297 g/mol. The maximum absolute atomic E-state index is 11.3. The standard InChI is InChI=1S/C15H15N5O2/c16-10-12-4-5-14(15(9-12)20(21)22)18-7-1-3-13(11-18)19-8-2-6-17-19/h2,4-6,8-9,13H,1,3,7,11H2. The summed E-state index contributed by atoms with van der Waals surface area (Å²) in [5.41, 5.74) is 0.858. The fourth-order valence-electron chi connectivity index (χ4n) is 2.89. The molecule has 1 aromatic heterocycles. The number of piperidine rings is 1. The van der Waals surface area contributed by atoms with Crippen LogP contribution in [0.25, 0.3) is 0 Å². The van der Waals surface area contributed by atoms with Gasteiger partial charge in [-0.05, 0) is 31.0 Å². The predicted molar refractivity (Wildman–Crippen MR) is 80.5 cm³/mol. The van der Waals surface area contributed by atoms with Crippen LogP contribution in [0.4, 0.5) is 11.4 Å². The third-order valence-corrected chi connectivity index (χ3v) is 3.94. The topological polar surface area (TPSA) is 88.0 Å². The first-order chi connectivity index (χ1) is 10.7. The largest absolute Gasteiger partial charge is 0.364 e. The Hall–Kier alpha value is -2.88. The van der Waals surface area contributed by atoms with Gasteiger partial charge in [0.1, 0.15) is 5.69 Å². The van der Waals surface area contributed by atoms with Gasteiger partial charge in [0.15, 0.2) is 0 Å². The van der Waals surface area contributed by atoms with Crippen LogP contribution in [-0.2, 0) is 0 Å². The Morgan fingerprint density at radius 2 is 2.32 bits per heavy atom. The van der Waals surface area contributed by atoms with Crippen molar-refractivity contribution < 1.29 is 4.92 Å². The molecule has 2 aromatic rings. The van der Waals surface area contributed by atoms with Crippen LogP contribution in [-0.4, -0.2) is 27.8 Å². The molecule has 1 atom stereocenters. The second kappa shape index (κ2) is 5.85. The average Bonchev–Trinajstić information content (AvgIpc) is 3.09. The molecule has 1 saturated heterocycles. The van der Waals surface area contributed by atoms with Crippen LogP contribution in [0.15, 0.2) is 36.7 Å². The molecule has 0 amide bonds. The van der Waals surface area contributed by atoms with Crippen molar-refractivity contribution in [3.63, 3.8) is 0 Å². The minimum absolute atomic E-state index is 0.0137. The number of nitriles is 1. The lowest BCUT2D eigenvalue weighted by molar-refractivity contribution is -0.384. The number of anilines is 1. The first-order valence-corrected chi connectivity index (χ1v) is 7.11.